The van der Waals surface area contributed by atoms with Gasteiger partial charge in [0.2, 0.25) is 0 Å². The summed E-state index contributed by atoms with van der Waals surface area (Å²) in [7, 11) is 0. The van der Waals surface area contributed by atoms with Crippen LogP contribution in [-0.2, 0) is 0 Å². The molecule has 0 radical (unpaired) electrons. The first kappa shape index (κ1) is 32.2. The summed E-state index contributed by atoms with van der Waals surface area (Å²) >= 11 is 0. The van der Waals surface area contributed by atoms with Gasteiger partial charge in [-0.05, 0) is 149 Å². The minimum absolute atomic E-state index is 0.298. The molecule has 0 aromatic heterocycles. The summed E-state index contributed by atoms with van der Waals surface area (Å²) in [5.74, 6) is 3.37. The zero-order valence-electron chi connectivity index (χ0n) is 25.1. The van der Waals surface area contributed by atoms with Crippen LogP contribution in [0, 0.1) is 39.5 Å². The quantitative estimate of drug-likeness (QED) is 0.180. The Morgan fingerprint density at radius 2 is 0.842 bits per heavy atom. The van der Waals surface area contributed by atoms with Crippen LogP contribution in [0.2, 0.25) is 0 Å². The molecule has 0 fully saturated rings. The molecule has 0 amide bonds. The number of aliphatic hydroxyl groups excluding tert-OH is 2. The van der Waals surface area contributed by atoms with Crippen LogP contribution in [0.25, 0.3) is 11.1 Å². The first-order valence-electron chi connectivity index (χ1n) is 15.0. The lowest BCUT2D eigenvalue weighted by molar-refractivity contribution is 0.266. The zero-order valence-corrected chi connectivity index (χ0v) is 25.1. The maximum atomic E-state index is 8.98. The maximum absolute atomic E-state index is 8.98. The van der Waals surface area contributed by atoms with E-state index < -0.39 is 0 Å². The van der Waals surface area contributed by atoms with E-state index >= 15 is 0 Å². The fourth-order valence-electron chi connectivity index (χ4n) is 5.40. The van der Waals surface area contributed by atoms with E-state index in [1.165, 1.54) is 59.1 Å². The molecule has 4 heteroatoms. The molecule has 2 atom stereocenters. The predicted octanol–water partition coefficient (Wildman–Crippen LogP) is 8.50. The molecule has 214 valence electrons. The number of rotatable bonds is 19. The van der Waals surface area contributed by atoms with Gasteiger partial charge in [-0.2, -0.15) is 0 Å². The monoisotopic (exact) mass is 526 g/mol. The highest BCUT2D eigenvalue weighted by Crippen LogP contribution is 2.34. The van der Waals surface area contributed by atoms with Gasteiger partial charge >= 0.3 is 0 Å². The highest BCUT2D eigenvalue weighted by molar-refractivity contribution is 5.70. The van der Waals surface area contributed by atoms with Crippen molar-refractivity contribution >= 4 is 0 Å². The molecule has 0 aliphatic rings. The average Bonchev–Trinajstić information content (AvgIpc) is 2.88. The van der Waals surface area contributed by atoms with Crippen LogP contribution < -0.4 is 9.47 Å². The van der Waals surface area contributed by atoms with Gasteiger partial charge in [0.15, 0.2) is 0 Å². The van der Waals surface area contributed by atoms with Crippen molar-refractivity contribution in [3.63, 3.8) is 0 Å². The van der Waals surface area contributed by atoms with Gasteiger partial charge in [0.25, 0.3) is 0 Å². The van der Waals surface area contributed by atoms with Crippen LogP contribution in [0.1, 0.15) is 100 Å². The number of benzene rings is 2. The summed E-state index contributed by atoms with van der Waals surface area (Å²) in [6.45, 7) is 15.2. The topological polar surface area (TPSA) is 58.9 Å². The molecular formula is C34H54O4. The van der Waals surface area contributed by atoms with Crippen molar-refractivity contribution in [3.8, 4) is 22.6 Å². The van der Waals surface area contributed by atoms with E-state index in [4.69, 9.17) is 19.7 Å². The number of hydrogen-bond donors (Lipinski definition) is 2. The lowest BCUT2D eigenvalue weighted by Crippen LogP contribution is -2.04. The van der Waals surface area contributed by atoms with Crippen molar-refractivity contribution in [1.29, 1.82) is 0 Å². The Hall–Kier alpha value is -2.04. The number of hydrogen-bond acceptors (Lipinski definition) is 4. The van der Waals surface area contributed by atoms with Crippen molar-refractivity contribution in [1.82, 2.24) is 0 Å². The molecule has 0 saturated carbocycles. The normalized spacial score (nSPS) is 12.9. The van der Waals surface area contributed by atoms with E-state index in [2.05, 4.69) is 65.8 Å². The van der Waals surface area contributed by atoms with E-state index in [1.807, 2.05) is 0 Å². The third-order valence-corrected chi connectivity index (χ3v) is 7.64. The zero-order chi connectivity index (χ0) is 27.9. The Labute approximate surface area is 232 Å². The van der Waals surface area contributed by atoms with Crippen LogP contribution in [0.5, 0.6) is 11.5 Å². The molecule has 0 aliphatic heterocycles. The van der Waals surface area contributed by atoms with Gasteiger partial charge in [0.05, 0.1) is 13.2 Å². The second-order valence-corrected chi connectivity index (χ2v) is 11.5. The van der Waals surface area contributed by atoms with Gasteiger partial charge in [0, 0.05) is 13.2 Å². The number of aliphatic hydroxyl groups is 2. The van der Waals surface area contributed by atoms with Crippen LogP contribution in [0.4, 0.5) is 0 Å². The molecule has 2 N–H and O–H groups in total. The van der Waals surface area contributed by atoms with Crippen molar-refractivity contribution < 1.29 is 19.7 Å². The molecule has 0 aliphatic carbocycles. The van der Waals surface area contributed by atoms with E-state index in [0.29, 0.717) is 25.0 Å². The largest absolute Gasteiger partial charge is 0.493 e. The minimum Gasteiger partial charge on any atom is -0.493 e. The highest BCUT2D eigenvalue weighted by atomic mass is 16.5. The van der Waals surface area contributed by atoms with Crippen molar-refractivity contribution in [2.24, 2.45) is 11.8 Å². The first-order valence-corrected chi connectivity index (χ1v) is 15.0. The van der Waals surface area contributed by atoms with E-state index in [1.54, 1.807) is 0 Å². The lowest BCUT2D eigenvalue weighted by atomic mass is 9.96. The predicted molar refractivity (Wildman–Crippen MR) is 160 cm³/mol. The molecular weight excluding hydrogens is 472 g/mol. The molecule has 0 saturated heterocycles. The fraction of sp³-hybridized carbons (Fsp3) is 0.647. The second kappa shape index (κ2) is 17.5. The third kappa shape index (κ3) is 11.0. The maximum Gasteiger partial charge on any atom is 0.125 e. The third-order valence-electron chi connectivity index (χ3n) is 7.64. The molecule has 0 spiro atoms. The standard InChI is InChI=1S/C34H54O4/c1-25(15-11-17-35)13-7-9-19-37-33-27(3)21-31(22-28(33)4)32-23-29(5)34(30(6)24-32)38-20-10-8-14-26(2)16-12-18-36/h21-26,35-36H,7-20H2,1-6H3. The smallest absolute Gasteiger partial charge is 0.125 e. The van der Waals surface area contributed by atoms with Crippen LogP contribution in [0.15, 0.2) is 24.3 Å². The van der Waals surface area contributed by atoms with Gasteiger partial charge < -0.3 is 19.7 Å². The minimum atomic E-state index is 0.298. The van der Waals surface area contributed by atoms with Gasteiger partial charge in [-0.3, -0.25) is 0 Å². The molecule has 2 unspecified atom stereocenters. The Morgan fingerprint density at radius 3 is 1.16 bits per heavy atom. The number of ether oxygens (including phenoxy) is 2. The molecule has 2 rings (SSSR count). The highest BCUT2D eigenvalue weighted by Gasteiger charge is 2.12. The Morgan fingerprint density at radius 1 is 0.526 bits per heavy atom. The lowest BCUT2D eigenvalue weighted by Gasteiger charge is -2.17. The number of unbranched alkanes of at least 4 members (excludes halogenated alkanes) is 2. The average molecular weight is 527 g/mol. The summed E-state index contributed by atoms with van der Waals surface area (Å²) in [6.07, 6.45) is 10.9. The van der Waals surface area contributed by atoms with Gasteiger partial charge in [-0.1, -0.05) is 26.7 Å². The summed E-state index contributed by atoms with van der Waals surface area (Å²) in [4.78, 5) is 0. The molecule has 2 aromatic carbocycles. The van der Waals surface area contributed by atoms with E-state index in [0.717, 1.165) is 63.2 Å². The molecule has 2 aromatic rings. The van der Waals surface area contributed by atoms with Gasteiger partial charge in [-0.15, -0.1) is 0 Å². The fourth-order valence-corrected chi connectivity index (χ4v) is 5.40. The molecule has 0 bridgehead atoms. The van der Waals surface area contributed by atoms with Crippen molar-refractivity contribution in [3.05, 3.63) is 46.5 Å². The van der Waals surface area contributed by atoms with Crippen LogP contribution >= 0.6 is 0 Å². The Balaban J connectivity index is 1.90. The van der Waals surface area contributed by atoms with Gasteiger partial charge in [-0.25, -0.2) is 0 Å². The molecule has 0 heterocycles. The number of aryl methyl sites for hydroxylation is 4. The SMILES string of the molecule is Cc1cc(-c2cc(C)c(OCCCCC(C)CCCO)c(C)c2)cc(C)c1OCCCCC(C)CCCO. The molecule has 4 nitrogen and oxygen atoms in total. The second-order valence-electron chi connectivity index (χ2n) is 11.5. The van der Waals surface area contributed by atoms with E-state index in [-0.39, 0.29) is 0 Å². The summed E-state index contributed by atoms with van der Waals surface area (Å²) in [5.41, 5.74) is 7.17. The first-order chi connectivity index (χ1) is 18.3. The van der Waals surface area contributed by atoms with Gasteiger partial charge in [0.1, 0.15) is 11.5 Å². The summed E-state index contributed by atoms with van der Waals surface area (Å²) in [5, 5.41) is 18.0. The Bertz CT molecular complexity index is 828. The molecule has 38 heavy (non-hydrogen) atoms. The Kier molecular flexibility index (Phi) is 14.8. The summed E-state index contributed by atoms with van der Waals surface area (Å²) < 4.78 is 12.4. The van der Waals surface area contributed by atoms with Crippen LogP contribution in [0.3, 0.4) is 0 Å². The van der Waals surface area contributed by atoms with Crippen molar-refractivity contribution in [2.45, 2.75) is 106 Å². The summed E-state index contributed by atoms with van der Waals surface area (Å²) in [6, 6.07) is 8.97. The van der Waals surface area contributed by atoms with Crippen LogP contribution in [-0.4, -0.2) is 36.6 Å². The van der Waals surface area contributed by atoms with Crippen molar-refractivity contribution in [2.75, 3.05) is 26.4 Å². The van der Waals surface area contributed by atoms with E-state index in [9.17, 15) is 0 Å².